The molecular weight excluding hydrogens is 325 g/mol. The lowest BCUT2D eigenvalue weighted by atomic mass is 10.1. The van der Waals surface area contributed by atoms with E-state index in [1.165, 1.54) is 0 Å². The van der Waals surface area contributed by atoms with Crippen molar-refractivity contribution in [2.45, 2.75) is 13.1 Å². The lowest BCUT2D eigenvalue weighted by molar-refractivity contribution is -0.141. The van der Waals surface area contributed by atoms with Gasteiger partial charge in [0, 0.05) is 5.56 Å². The molecule has 0 aliphatic carbocycles. The summed E-state index contributed by atoms with van der Waals surface area (Å²) in [6, 6.07) is 6.69. The Kier molecular flexibility index (Phi) is 3.84. The van der Waals surface area contributed by atoms with Crippen LogP contribution in [-0.2, 0) is 6.18 Å². The number of benzene rings is 1. The summed E-state index contributed by atoms with van der Waals surface area (Å²) < 4.78 is 43.0. The highest BCUT2D eigenvalue weighted by Gasteiger charge is 2.36. The number of ether oxygens (including phenoxy) is 1. The Balaban J connectivity index is 2.35. The number of hydrogen-bond donors (Lipinski definition) is 1. The third-order valence-corrected chi connectivity index (χ3v) is 3.20. The van der Waals surface area contributed by atoms with Crippen molar-refractivity contribution in [3.05, 3.63) is 34.4 Å². The normalized spacial score (nSPS) is 11.6. The number of nitrogens with zero attached hydrogens (tertiary/aromatic N) is 1. The molecule has 2 rings (SSSR count). The number of aromatic amines is 1. The largest absolute Gasteiger partial charge is 0.494 e. The molecule has 1 aromatic carbocycles. The molecule has 102 valence electrons. The summed E-state index contributed by atoms with van der Waals surface area (Å²) >= 11 is 2.93. The minimum absolute atomic E-state index is 0.0934. The van der Waals surface area contributed by atoms with Crippen LogP contribution in [0.4, 0.5) is 13.2 Å². The number of alkyl halides is 3. The molecule has 0 fully saturated rings. The first-order valence-electron chi connectivity index (χ1n) is 5.47. The first-order chi connectivity index (χ1) is 8.93. The molecular formula is C12H10BrF3N2O. The van der Waals surface area contributed by atoms with Gasteiger partial charge in [-0.3, -0.25) is 5.10 Å². The molecule has 1 heterocycles. The van der Waals surface area contributed by atoms with Crippen LogP contribution in [0.5, 0.6) is 5.75 Å². The van der Waals surface area contributed by atoms with Crippen LogP contribution in [0.25, 0.3) is 11.3 Å². The van der Waals surface area contributed by atoms with Gasteiger partial charge in [0.1, 0.15) is 11.4 Å². The van der Waals surface area contributed by atoms with E-state index in [0.29, 0.717) is 17.9 Å². The van der Waals surface area contributed by atoms with Gasteiger partial charge in [-0.25, -0.2) is 0 Å². The van der Waals surface area contributed by atoms with E-state index in [9.17, 15) is 13.2 Å². The number of nitrogens with one attached hydrogen (secondary N) is 1. The molecule has 0 saturated carbocycles. The van der Waals surface area contributed by atoms with Crippen molar-refractivity contribution < 1.29 is 17.9 Å². The molecule has 7 heteroatoms. The van der Waals surface area contributed by atoms with Crippen LogP contribution in [0.2, 0.25) is 0 Å². The van der Waals surface area contributed by atoms with E-state index < -0.39 is 11.9 Å². The number of rotatable bonds is 3. The number of hydrogen-bond acceptors (Lipinski definition) is 2. The summed E-state index contributed by atoms with van der Waals surface area (Å²) in [6.45, 7) is 2.39. The second kappa shape index (κ2) is 5.24. The summed E-state index contributed by atoms with van der Waals surface area (Å²) in [5, 5.41) is 5.69. The van der Waals surface area contributed by atoms with Crippen molar-refractivity contribution in [2.75, 3.05) is 6.61 Å². The molecule has 0 radical (unpaired) electrons. The van der Waals surface area contributed by atoms with Crippen LogP contribution in [0.3, 0.4) is 0 Å². The Morgan fingerprint density at radius 1 is 1.26 bits per heavy atom. The Morgan fingerprint density at radius 2 is 1.89 bits per heavy atom. The zero-order chi connectivity index (χ0) is 14.0. The van der Waals surface area contributed by atoms with E-state index in [2.05, 4.69) is 21.0 Å². The molecule has 0 aliphatic heterocycles. The van der Waals surface area contributed by atoms with Crippen LogP contribution in [-0.4, -0.2) is 16.8 Å². The molecule has 19 heavy (non-hydrogen) atoms. The Labute approximate surface area is 115 Å². The standard InChI is InChI=1S/C12H10BrF3N2O/c1-2-19-8-5-3-7(4-6-8)10-9(13)11(18-17-10)12(14,15)16/h3-6H,2H2,1H3,(H,17,18). The van der Waals surface area contributed by atoms with Gasteiger partial charge in [0.15, 0.2) is 5.69 Å². The summed E-state index contributed by atoms with van der Waals surface area (Å²) in [6.07, 6.45) is -4.46. The molecule has 1 N–H and O–H groups in total. The predicted octanol–water partition coefficient (Wildman–Crippen LogP) is 4.26. The van der Waals surface area contributed by atoms with Gasteiger partial charge in [0.05, 0.1) is 11.1 Å². The fourth-order valence-corrected chi connectivity index (χ4v) is 2.21. The van der Waals surface area contributed by atoms with Crippen molar-refractivity contribution >= 4 is 15.9 Å². The average molecular weight is 335 g/mol. The fraction of sp³-hybridized carbons (Fsp3) is 0.250. The Bertz CT molecular complexity index is 563. The summed E-state index contributed by atoms with van der Waals surface area (Å²) in [7, 11) is 0. The molecule has 0 atom stereocenters. The first-order valence-corrected chi connectivity index (χ1v) is 6.27. The van der Waals surface area contributed by atoms with Crippen molar-refractivity contribution in [3.63, 3.8) is 0 Å². The van der Waals surface area contributed by atoms with Crippen LogP contribution >= 0.6 is 15.9 Å². The summed E-state index contributed by atoms with van der Waals surface area (Å²) in [4.78, 5) is 0. The van der Waals surface area contributed by atoms with Gasteiger partial charge in [-0.1, -0.05) is 0 Å². The molecule has 0 amide bonds. The topological polar surface area (TPSA) is 37.9 Å². The van der Waals surface area contributed by atoms with Crippen molar-refractivity contribution in [1.29, 1.82) is 0 Å². The zero-order valence-corrected chi connectivity index (χ0v) is 11.5. The van der Waals surface area contributed by atoms with Gasteiger partial charge < -0.3 is 4.74 Å². The highest BCUT2D eigenvalue weighted by atomic mass is 79.9. The van der Waals surface area contributed by atoms with Gasteiger partial charge >= 0.3 is 6.18 Å². The van der Waals surface area contributed by atoms with Crippen molar-refractivity contribution in [3.8, 4) is 17.0 Å². The summed E-state index contributed by atoms with van der Waals surface area (Å²) in [5.41, 5.74) is -0.103. The highest BCUT2D eigenvalue weighted by Crippen LogP contribution is 2.38. The second-order valence-electron chi connectivity index (χ2n) is 3.72. The molecule has 0 saturated heterocycles. The van der Waals surface area contributed by atoms with E-state index in [-0.39, 0.29) is 10.2 Å². The van der Waals surface area contributed by atoms with Crippen LogP contribution in [0, 0.1) is 0 Å². The Morgan fingerprint density at radius 3 is 2.37 bits per heavy atom. The molecule has 2 aromatic rings. The highest BCUT2D eigenvalue weighted by molar-refractivity contribution is 9.10. The molecule has 1 aromatic heterocycles. The van der Waals surface area contributed by atoms with Gasteiger partial charge in [0.2, 0.25) is 0 Å². The summed E-state index contributed by atoms with van der Waals surface area (Å²) in [5.74, 6) is 0.661. The molecule has 3 nitrogen and oxygen atoms in total. The number of halogens is 4. The van der Waals surface area contributed by atoms with Crippen LogP contribution in [0.1, 0.15) is 12.6 Å². The maximum Gasteiger partial charge on any atom is 0.433 e. The minimum Gasteiger partial charge on any atom is -0.494 e. The lowest BCUT2D eigenvalue weighted by Gasteiger charge is -2.05. The van der Waals surface area contributed by atoms with E-state index in [1.54, 1.807) is 24.3 Å². The third kappa shape index (κ3) is 2.91. The smallest absolute Gasteiger partial charge is 0.433 e. The van der Waals surface area contributed by atoms with Crippen LogP contribution in [0.15, 0.2) is 28.7 Å². The van der Waals surface area contributed by atoms with E-state index in [1.807, 2.05) is 12.0 Å². The first kappa shape index (κ1) is 13.9. The zero-order valence-electron chi connectivity index (χ0n) is 9.88. The van der Waals surface area contributed by atoms with Gasteiger partial charge in [0.25, 0.3) is 0 Å². The van der Waals surface area contributed by atoms with Gasteiger partial charge in [-0.15, -0.1) is 0 Å². The predicted molar refractivity (Wildman–Crippen MR) is 67.9 cm³/mol. The van der Waals surface area contributed by atoms with E-state index >= 15 is 0 Å². The quantitative estimate of drug-likeness (QED) is 0.910. The molecule has 0 aliphatic rings. The Hall–Kier alpha value is -1.50. The van der Waals surface area contributed by atoms with Crippen LogP contribution < -0.4 is 4.74 Å². The SMILES string of the molecule is CCOc1ccc(-c2n[nH]c(C(F)(F)F)c2Br)cc1. The van der Waals surface area contributed by atoms with Gasteiger partial charge in [-0.05, 0) is 47.1 Å². The molecule has 0 spiro atoms. The van der Waals surface area contributed by atoms with Gasteiger partial charge in [-0.2, -0.15) is 18.3 Å². The average Bonchev–Trinajstić information content (AvgIpc) is 2.72. The molecule has 0 unspecified atom stereocenters. The second-order valence-corrected chi connectivity index (χ2v) is 4.51. The number of H-pyrrole nitrogens is 1. The maximum absolute atomic E-state index is 12.6. The van der Waals surface area contributed by atoms with E-state index in [0.717, 1.165) is 0 Å². The van der Waals surface area contributed by atoms with Crippen molar-refractivity contribution in [1.82, 2.24) is 10.2 Å². The minimum atomic E-state index is -4.46. The number of aromatic nitrogens is 2. The monoisotopic (exact) mass is 334 g/mol. The fourth-order valence-electron chi connectivity index (χ4n) is 1.58. The van der Waals surface area contributed by atoms with Crippen molar-refractivity contribution in [2.24, 2.45) is 0 Å². The lowest BCUT2D eigenvalue weighted by Crippen LogP contribution is -2.06. The maximum atomic E-state index is 12.6. The molecule has 0 bridgehead atoms. The third-order valence-electron chi connectivity index (χ3n) is 2.43. The van der Waals surface area contributed by atoms with E-state index in [4.69, 9.17) is 4.74 Å².